The molecule has 20 heavy (non-hydrogen) atoms. The van der Waals surface area contributed by atoms with Crippen molar-refractivity contribution >= 4 is 11.9 Å². The maximum atomic E-state index is 11.8. The van der Waals surface area contributed by atoms with Crippen LogP contribution in [0.1, 0.15) is 38.5 Å². The summed E-state index contributed by atoms with van der Waals surface area (Å²) in [4.78, 5) is 24.7. The second-order valence-corrected chi connectivity index (χ2v) is 5.62. The van der Waals surface area contributed by atoms with Gasteiger partial charge in [0, 0.05) is 12.8 Å². The van der Waals surface area contributed by atoms with Crippen LogP contribution in [0.2, 0.25) is 0 Å². The lowest BCUT2D eigenvalue weighted by Crippen LogP contribution is -2.52. The van der Waals surface area contributed by atoms with E-state index >= 15 is 0 Å². The summed E-state index contributed by atoms with van der Waals surface area (Å²) >= 11 is 0. The normalized spacial score (nSPS) is 27.4. The molecular weight excluding hydrogens is 260 g/mol. The highest BCUT2D eigenvalue weighted by atomic mass is 16.5. The first-order chi connectivity index (χ1) is 9.66. The standard InChI is InChI=1S/C14H24N2O4/c17-13(5-4-6-14(18)19)15-11-9-20-10-12(11)16-7-2-1-3-8-16/h11-12H,1-10H2,(H,15,17)(H,18,19)/t11-,12-/m0/s1. The summed E-state index contributed by atoms with van der Waals surface area (Å²) in [6.07, 6.45) is 4.44. The summed E-state index contributed by atoms with van der Waals surface area (Å²) in [6, 6.07) is 0.323. The van der Waals surface area contributed by atoms with Crippen LogP contribution in [0, 0.1) is 0 Å². The fourth-order valence-electron chi connectivity index (χ4n) is 2.97. The minimum absolute atomic E-state index is 0.0458. The van der Waals surface area contributed by atoms with Crippen LogP contribution < -0.4 is 5.32 Å². The number of nitrogens with one attached hydrogen (secondary N) is 1. The number of likely N-dealkylation sites (tertiary alicyclic amines) is 1. The summed E-state index contributed by atoms with van der Waals surface area (Å²) in [5.74, 6) is -0.919. The number of nitrogens with zero attached hydrogens (tertiary/aromatic N) is 1. The first kappa shape index (κ1) is 15.3. The predicted octanol–water partition coefficient (Wildman–Crippen LogP) is 0.611. The number of ether oxygens (including phenoxy) is 1. The molecule has 0 aromatic heterocycles. The van der Waals surface area contributed by atoms with Crippen LogP contribution in [0.5, 0.6) is 0 Å². The molecule has 0 unspecified atom stereocenters. The van der Waals surface area contributed by atoms with Gasteiger partial charge in [-0.2, -0.15) is 0 Å². The molecule has 2 atom stereocenters. The van der Waals surface area contributed by atoms with Gasteiger partial charge in [-0.1, -0.05) is 6.42 Å². The van der Waals surface area contributed by atoms with Crippen LogP contribution in [0.3, 0.4) is 0 Å². The molecule has 2 aliphatic heterocycles. The van der Waals surface area contributed by atoms with Crippen molar-refractivity contribution in [2.24, 2.45) is 0 Å². The van der Waals surface area contributed by atoms with Gasteiger partial charge < -0.3 is 15.2 Å². The summed E-state index contributed by atoms with van der Waals surface area (Å²) < 4.78 is 5.52. The van der Waals surface area contributed by atoms with Crippen LogP contribution in [-0.4, -0.2) is 60.3 Å². The fourth-order valence-corrected chi connectivity index (χ4v) is 2.97. The first-order valence-electron chi connectivity index (χ1n) is 7.50. The van der Waals surface area contributed by atoms with Crippen LogP contribution in [0.4, 0.5) is 0 Å². The monoisotopic (exact) mass is 284 g/mol. The second kappa shape index (κ2) is 7.59. The van der Waals surface area contributed by atoms with E-state index < -0.39 is 5.97 Å². The van der Waals surface area contributed by atoms with Crippen molar-refractivity contribution in [3.05, 3.63) is 0 Å². The maximum Gasteiger partial charge on any atom is 0.303 e. The van der Waals surface area contributed by atoms with Gasteiger partial charge in [0.05, 0.1) is 25.3 Å². The number of piperidine rings is 1. The quantitative estimate of drug-likeness (QED) is 0.747. The van der Waals surface area contributed by atoms with Crippen molar-refractivity contribution in [1.29, 1.82) is 0 Å². The summed E-state index contributed by atoms with van der Waals surface area (Å²) in [5.41, 5.74) is 0. The molecule has 2 fully saturated rings. The third-order valence-corrected chi connectivity index (χ3v) is 4.05. The first-order valence-corrected chi connectivity index (χ1v) is 7.50. The number of carbonyl (C=O) groups excluding carboxylic acids is 1. The molecule has 6 nitrogen and oxygen atoms in total. The van der Waals surface area contributed by atoms with Gasteiger partial charge in [-0.3, -0.25) is 14.5 Å². The molecule has 6 heteroatoms. The lowest BCUT2D eigenvalue weighted by molar-refractivity contribution is -0.137. The minimum Gasteiger partial charge on any atom is -0.481 e. The summed E-state index contributed by atoms with van der Waals surface area (Å²) in [7, 11) is 0. The molecule has 0 spiro atoms. The van der Waals surface area contributed by atoms with E-state index in [-0.39, 0.29) is 30.8 Å². The number of carboxylic acid groups (broad SMARTS) is 1. The van der Waals surface area contributed by atoms with Gasteiger partial charge in [-0.15, -0.1) is 0 Å². The van der Waals surface area contributed by atoms with Crippen molar-refractivity contribution in [3.63, 3.8) is 0 Å². The molecule has 0 bridgehead atoms. The van der Waals surface area contributed by atoms with Crippen LogP contribution in [0.15, 0.2) is 0 Å². The van der Waals surface area contributed by atoms with Gasteiger partial charge in [-0.05, 0) is 32.4 Å². The zero-order valence-corrected chi connectivity index (χ0v) is 11.8. The molecule has 2 aliphatic rings. The van der Waals surface area contributed by atoms with Crippen molar-refractivity contribution in [2.75, 3.05) is 26.3 Å². The molecule has 0 aromatic rings. The topological polar surface area (TPSA) is 78.9 Å². The Kier molecular flexibility index (Phi) is 5.79. The lowest BCUT2D eigenvalue weighted by Gasteiger charge is -2.34. The number of carbonyl (C=O) groups is 2. The van der Waals surface area contributed by atoms with E-state index in [1.54, 1.807) is 0 Å². The van der Waals surface area contributed by atoms with Crippen LogP contribution in [-0.2, 0) is 14.3 Å². The predicted molar refractivity (Wildman–Crippen MR) is 73.4 cm³/mol. The zero-order chi connectivity index (χ0) is 14.4. The van der Waals surface area contributed by atoms with E-state index in [1.807, 2.05) is 0 Å². The maximum absolute atomic E-state index is 11.8. The highest BCUT2D eigenvalue weighted by Crippen LogP contribution is 2.19. The Balaban J connectivity index is 1.75. The molecule has 2 saturated heterocycles. The van der Waals surface area contributed by atoms with Gasteiger partial charge in [0.25, 0.3) is 0 Å². The van der Waals surface area contributed by atoms with Crippen molar-refractivity contribution < 1.29 is 19.4 Å². The minimum atomic E-state index is -0.854. The Hall–Kier alpha value is -1.14. The number of aliphatic carboxylic acids is 1. The molecule has 1 amide bonds. The van der Waals surface area contributed by atoms with Crippen LogP contribution >= 0.6 is 0 Å². The number of carboxylic acids is 1. The van der Waals surface area contributed by atoms with Gasteiger partial charge in [0.1, 0.15) is 0 Å². The largest absolute Gasteiger partial charge is 0.481 e. The van der Waals surface area contributed by atoms with Crippen molar-refractivity contribution in [3.8, 4) is 0 Å². The third kappa shape index (κ3) is 4.45. The Morgan fingerprint density at radius 3 is 2.60 bits per heavy atom. The summed E-state index contributed by atoms with van der Waals surface area (Å²) in [6.45, 7) is 3.41. The molecule has 0 saturated carbocycles. The SMILES string of the molecule is O=C(O)CCCC(=O)N[C@H]1COC[C@@H]1N1CCCCC1. The van der Waals surface area contributed by atoms with E-state index in [4.69, 9.17) is 9.84 Å². The highest BCUT2D eigenvalue weighted by Gasteiger charge is 2.34. The smallest absolute Gasteiger partial charge is 0.303 e. The Labute approximate surface area is 119 Å². The molecular formula is C14H24N2O4. The van der Waals surface area contributed by atoms with Crippen LogP contribution in [0.25, 0.3) is 0 Å². The molecule has 2 heterocycles. The van der Waals surface area contributed by atoms with Gasteiger partial charge >= 0.3 is 5.97 Å². The molecule has 0 radical (unpaired) electrons. The number of amides is 1. The zero-order valence-electron chi connectivity index (χ0n) is 11.8. The molecule has 114 valence electrons. The van der Waals surface area contributed by atoms with Gasteiger partial charge in [0.15, 0.2) is 0 Å². The average molecular weight is 284 g/mol. The number of rotatable bonds is 6. The lowest BCUT2D eigenvalue weighted by atomic mass is 10.0. The van der Waals surface area contributed by atoms with E-state index in [2.05, 4.69) is 10.2 Å². The third-order valence-electron chi connectivity index (χ3n) is 4.05. The number of hydrogen-bond acceptors (Lipinski definition) is 4. The van der Waals surface area contributed by atoms with Gasteiger partial charge in [-0.25, -0.2) is 0 Å². The highest BCUT2D eigenvalue weighted by molar-refractivity contribution is 5.77. The Morgan fingerprint density at radius 2 is 1.90 bits per heavy atom. The second-order valence-electron chi connectivity index (χ2n) is 5.62. The Bertz CT molecular complexity index is 342. The van der Waals surface area contributed by atoms with Crippen molar-refractivity contribution in [2.45, 2.75) is 50.6 Å². The molecule has 0 aliphatic carbocycles. The van der Waals surface area contributed by atoms with E-state index in [0.717, 1.165) is 13.1 Å². The summed E-state index contributed by atoms with van der Waals surface area (Å²) in [5, 5.41) is 11.6. The van der Waals surface area contributed by atoms with Crippen molar-refractivity contribution in [1.82, 2.24) is 10.2 Å². The van der Waals surface area contributed by atoms with E-state index in [0.29, 0.717) is 19.6 Å². The molecule has 0 aromatic carbocycles. The van der Waals surface area contributed by atoms with Gasteiger partial charge in [0.2, 0.25) is 5.91 Å². The molecule has 2 N–H and O–H groups in total. The van der Waals surface area contributed by atoms with E-state index in [9.17, 15) is 9.59 Å². The Morgan fingerprint density at radius 1 is 1.15 bits per heavy atom. The molecule has 2 rings (SSSR count). The van der Waals surface area contributed by atoms with E-state index in [1.165, 1.54) is 19.3 Å². The fraction of sp³-hybridized carbons (Fsp3) is 0.857. The average Bonchev–Trinajstić information content (AvgIpc) is 2.87. The number of hydrogen-bond donors (Lipinski definition) is 2.